The number of sulfonamides is 1. The molecule has 2 aromatic carbocycles. The number of benzene rings is 2. The molecule has 0 aliphatic rings. The largest absolute Gasteiger partial charge is 0.308 e. The van der Waals surface area contributed by atoms with E-state index in [9.17, 15) is 13.2 Å². The molecule has 28 heavy (non-hydrogen) atoms. The number of anilines is 1. The monoisotopic (exact) mass is 422 g/mol. The van der Waals surface area contributed by atoms with Crippen molar-refractivity contribution in [1.29, 1.82) is 0 Å². The number of rotatable bonds is 7. The van der Waals surface area contributed by atoms with Crippen molar-refractivity contribution >= 4 is 33.2 Å². The van der Waals surface area contributed by atoms with E-state index in [2.05, 4.69) is 0 Å². The molecule has 2 rings (SSSR count). The molecule has 0 radical (unpaired) electrons. The van der Waals surface area contributed by atoms with Gasteiger partial charge >= 0.3 is 0 Å². The van der Waals surface area contributed by atoms with Crippen LogP contribution < -0.4 is 4.90 Å². The Bertz CT molecular complexity index is 970. The Kier molecular flexibility index (Phi) is 7.26. The second-order valence-electron chi connectivity index (χ2n) is 6.57. The third kappa shape index (κ3) is 4.40. The maximum atomic E-state index is 13.3. The quantitative estimate of drug-likeness (QED) is 0.652. The number of carbonyl (C=O) groups excluding carboxylic acids is 1. The van der Waals surface area contributed by atoms with E-state index in [1.54, 1.807) is 18.7 Å². The van der Waals surface area contributed by atoms with Gasteiger partial charge in [0.15, 0.2) is 0 Å². The number of hydrogen-bond donors (Lipinski definition) is 0. The maximum absolute atomic E-state index is 13.3. The summed E-state index contributed by atoms with van der Waals surface area (Å²) in [6.45, 7) is 10.5. The molecule has 0 saturated heterocycles. The lowest BCUT2D eigenvalue weighted by Crippen LogP contribution is -2.33. The van der Waals surface area contributed by atoms with Gasteiger partial charge in [-0.05, 0) is 56.2 Å². The van der Waals surface area contributed by atoms with Crippen LogP contribution in [0.2, 0.25) is 5.02 Å². The predicted molar refractivity (Wildman–Crippen MR) is 115 cm³/mol. The van der Waals surface area contributed by atoms with Crippen molar-refractivity contribution in [1.82, 2.24) is 4.31 Å². The minimum Gasteiger partial charge on any atom is -0.308 e. The van der Waals surface area contributed by atoms with E-state index in [-0.39, 0.29) is 21.4 Å². The molecule has 0 saturated carbocycles. The highest BCUT2D eigenvalue weighted by Gasteiger charge is 2.26. The first kappa shape index (κ1) is 22.4. The van der Waals surface area contributed by atoms with E-state index in [4.69, 9.17) is 11.6 Å². The fourth-order valence-electron chi connectivity index (χ4n) is 3.12. The van der Waals surface area contributed by atoms with Crippen LogP contribution in [-0.2, 0) is 10.0 Å². The summed E-state index contributed by atoms with van der Waals surface area (Å²) in [5, 5.41) is 0.229. The van der Waals surface area contributed by atoms with Crippen LogP contribution in [0.5, 0.6) is 0 Å². The lowest BCUT2D eigenvalue weighted by molar-refractivity contribution is 0.0988. The Labute approximate surface area is 173 Å². The highest BCUT2D eigenvalue weighted by Crippen LogP contribution is 2.28. The summed E-state index contributed by atoms with van der Waals surface area (Å²) in [7, 11) is -3.68. The molecule has 0 fully saturated rings. The van der Waals surface area contributed by atoms with Crippen molar-refractivity contribution in [3.8, 4) is 0 Å². The molecule has 0 N–H and O–H groups in total. The van der Waals surface area contributed by atoms with Crippen molar-refractivity contribution in [2.24, 2.45) is 0 Å². The molecular formula is C21H27ClN2O3S. The van der Waals surface area contributed by atoms with Gasteiger partial charge in [-0.3, -0.25) is 4.79 Å². The average molecular weight is 423 g/mol. The summed E-state index contributed by atoms with van der Waals surface area (Å²) < 4.78 is 27.0. The normalized spacial score (nSPS) is 11.7. The molecule has 0 atom stereocenters. The van der Waals surface area contributed by atoms with Crippen LogP contribution >= 0.6 is 11.6 Å². The lowest BCUT2D eigenvalue weighted by atomic mass is 10.1. The predicted octanol–water partition coefficient (Wildman–Crippen LogP) is 4.65. The van der Waals surface area contributed by atoms with Gasteiger partial charge in [0.25, 0.3) is 5.91 Å². The van der Waals surface area contributed by atoms with Crippen molar-refractivity contribution in [3.05, 3.63) is 58.1 Å². The topological polar surface area (TPSA) is 57.7 Å². The number of nitrogens with zero attached hydrogens (tertiary/aromatic N) is 2. The van der Waals surface area contributed by atoms with E-state index in [1.165, 1.54) is 22.5 Å². The second-order valence-corrected chi connectivity index (χ2v) is 8.92. The van der Waals surface area contributed by atoms with Gasteiger partial charge in [0.05, 0.1) is 15.5 Å². The summed E-state index contributed by atoms with van der Waals surface area (Å²) in [5.74, 6) is -0.321. The van der Waals surface area contributed by atoms with Crippen LogP contribution in [0, 0.1) is 13.8 Å². The number of hydrogen-bond acceptors (Lipinski definition) is 3. The molecule has 0 heterocycles. The first-order chi connectivity index (χ1) is 13.2. The Morgan fingerprint density at radius 1 is 0.964 bits per heavy atom. The van der Waals surface area contributed by atoms with Gasteiger partial charge < -0.3 is 4.90 Å². The molecule has 0 unspecified atom stereocenters. The summed E-state index contributed by atoms with van der Waals surface area (Å²) in [4.78, 5) is 15.0. The molecule has 0 aliphatic carbocycles. The van der Waals surface area contributed by atoms with E-state index in [1.807, 2.05) is 39.0 Å². The first-order valence-electron chi connectivity index (χ1n) is 9.36. The van der Waals surface area contributed by atoms with Gasteiger partial charge in [-0.2, -0.15) is 4.31 Å². The van der Waals surface area contributed by atoms with Gasteiger partial charge in [-0.25, -0.2) is 8.42 Å². The fraction of sp³-hybridized carbons (Fsp3) is 0.381. The lowest BCUT2D eigenvalue weighted by Gasteiger charge is -2.25. The fourth-order valence-corrected chi connectivity index (χ4v) is 4.80. The Hall–Kier alpha value is -1.89. The zero-order valence-electron chi connectivity index (χ0n) is 17.0. The molecule has 5 nitrogen and oxygen atoms in total. The van der Waals surface area contributed by atoms with Crippen LogP contribution in [0.4, 0.5) is 5.69 Å². The molecule has 152 valence electrons. The van der Waals surface area contributed by atoms with Crippen LogP contribution in [0.15, 0.2) is 41.3 Å². The summed E-state index contributed by atoms with van der Waals surface area (Å²) in [5.41, 5.74) is 2.97. The maximum Gasteiger partial charge on any atom is 0.259 e. The van der Waals surface area contributed by atoms with Crippen molar-refractivity contribution in [2.75, 3.05) is 24.5 Å². The standard InChI is InChI=1S/C21H27ClN2O3S/c1-6-23(7-2)28(26,27)17-11-12-19(22)18(14-17)21(25)24(8-3)20-13-15(4)9-10-16(20)5/h9-14H,6-8H2,1-5H3. The minimum atomic E-state index is -3.68. The molecule has 0 spiro atoms. The van der Waals surface area contributed by atoms with Gasteiger partial charge in [-0.1, -0.05) is 37.6 Å². The summed E-state index contributed by atoms with van der Waals surface area (Å²) in [6.07, 6.45) is 0. The number of amides is 1. The number of halogens is 1. The van der Waals surface area contributed by atoms with Gasteiger partial charge in [-0.15, -0.1) is 0 Å². The molecule has 1 amide bonds. The van der Waals surface area contributed by atoms with Crippen LogP contribution in [0.25, 0.3) is 0 Å². The number of carbonyl (C=O) groups is 1. The molecule has 0 bridgehead atoms. The molecular weight excluding hydrogens is 396 g/mol. The average Bonchev–Trinajstić information content (AvgIpc) is 2.66. The van der Waals surface area contributed by atoms with Crippen molar-refractivity contribution < 1.29 is 13.2 Å². The Morgan fingerprint density at radius 2 is 1.61 bits per heavy atom. The highest BCUT2D eigenvalue weighted by atomic mass is 35.5. The van der Waals surface area contributed by atoms with Gasteiger partial charge in [0.2, 0.25) is 10.0 Å². The zero-order chi connectivity index (χ0) is 21.1. The Balaban J connectivity index is 2.54. The molecule has 7 heteroatoms. The molecule has 0 aromatic heterocycles. The van der Waals surface area contributed by atoms with E-state index in [0.717, 1.165) is 16.8 Å². The third-order valence-electron chi connectivity index (χ3n) is 4.73. The van der Waals surface area contributed by atoms with Crippen LogP contribution in [-0.4, -0.2) is 38.3 Å². The zero-order valence-corrected chi connectivity index (χ0v) is 18.6. The first-order valence-corrected chi connectivity index (χ1v) is 11.2. The third-order valence-corrected chi connectivity index (χ3v) is 7.10. The van der Waals surface area contributed by atoms with Crippen molar-refractivity contribution in [2.45, 2.75) is 39.5 Å². The highest BCUT2D eigenvalue weighted by molar-refractivity contribution is 7.89. The molecule has 2 aromatic rings. The van der Waals surface area contributed by atoms with Crippen LogP contribution in [0.1, 0.15) is 42.3 Å². The second kappa shape index (κ2) is 9.07. The smallest absolute Gasteiger partial charge is 0.259 e. The van der Waals surface area contributed by atoms with E-state index in [0.29, 0.717) is 19.6 Å². The summed E-state index contributed by atoms with van der Waals surface area (Å²) in [6, 6.07) is 10.2. The SMILES string of the molecule is CCN(C(=O)c1cc(S(=O)(=O)N(CC)CC)ccc1Cl)c1cc(C)ccc1C. The van der Waals surface area contributed by atoms with E-state index >= 15 is 0 Å². The van der Waals surface area contributed by atoms with E-state index < -0.39 is 10.0 Å². The van der Waals surface area contributed by atoms with Crippen molar-refractivity contribution in [3.63, 3.8) is 0 Å². The summed E-state index contributed by atoms with van der Waals surface area (Å²) >= 11 is 6.29. The number of aryl methyl sites for hydroxylation is 2. The minimum absolute atomic E-state index is 0.0703. The van der Waals surface area contributed by atoms with Gasteiger partial charge in [0.1, 0.15) is 0 Å². The molecule has 0 aliphatic heterocycles. The van der Waals surface area contributed by atoms with Gasteiger partial charge in [0, 0.05) is 25.3 Å². The Morgan fingerprint density at radius 3 is 2.18 bits per heavy atom. The van der Waals surface area contributed by atoms with Crippen LogP contribution in [0.3, 0.4) is 0 Å².